The highest BCUT2D eigenvalue weighted by atomic mass is 35.5. The summed E-state index contributed by atoms with van der Waals surface area (Å²) in [6.07, 6.45) is 2.53. The third-order valence-electron chi connectivity index (χ3n) is 8.40. The van der Waals surface area contributed by atoms with Crippen LogP contribution in [0.4, 0.5) is 28.8 Å². The molecule has 2 N–H and O–H groups in total. The Hall–Kier alpha value is -5.04. The summed E-state index contributed by atoms with van der Waals surface area (Å²) < 4.78 is 1.70. The van der Waals surface area contributed by atoms with Crippen LogP contribution in [0, 0.1) is 0 Å². The van der Waals surface area contributed by atoms with E-state index in [2.05, 4.69) is 25.7 Å². The standard InChI is InChI=1S/C30H28ClN9O4/c1-37-22-7-3-17(11-16(22)12-25(37)42)33-28-21(31)14-32-30(35-28)39-9-10-40(26(43)15-39)18-4-5-19-23(13-18)38(2)36-27(19)20-6-8-24(41)34-29(20)44/h3-5,7,11,13-14,20H,6,8-10,12,15H2,1-2H3,(H,32,33,35)(H,34,41,44). The fourth-order valence-corrected chi connectivity index (χ4v) is 6.19. The van der Waals surface area contributed by atoms with Crippen molar-refractivity contribution in [3.05, 3.63) is 58.9 Å². The predicted molar refractivity (Wildman–Crippen MR) is 164 cm³/mol. The average Bonchev–Trinajstić information content (AvgIpc) is 3.48. The van der Waals surface area contributed by atoms with Gasteiger partial charge in [0.05, 0.1) is 29.7 Å². The van der Waals surface area contributed by atoms with E-state index in [-0.39, 0.29) is 36.6 Å². The largest absolute Gasteiger partial charge is 0.339 e. The monoisotopic (exact) mass is 613 g/mol. The van der Waals surface area contributed by atoms with Gasteiger partial charge in [-0.1, -0.05) is 11.6 Å². The first kappa shape index (κ1) is 27.8. The maximum Gasteiger partial charge on any atom is 0.246 e. The number of hydrogen-bond donors (Lipinski definition) is 2. The van der Waals surface area contributed by atoms with Crippen LogP contribution in [0.2, 0.25) is 5.02 Å². The zero-order valence-corrected chi connectivity index (χ0v) is 24.8. The number of likely N-dealkylation sites (N-methyl/N-ethyl adjacent to an activating group) is 1. The number of amides is 4. The van der Waals surface area contributed by atoms with Gasteiger partial charge in [0.25, 0.3) is 0 Å². The molecular weight excluding hydrogens is 586 g/mol. The van der Waals surface area contributed by atoms with Gasteiger partial charge in [0.2, 0.25) is 29.6 Å². The second kappa shape index (κ2) is 10.6. The number of hydrogen-bond acceptors (Lipinski definition) is 9. The molecule has 0 bridgehead atoms. The number of rotatable bonds is 5. The quantitative estimate of drug-likeness (QED) is 0.324. The van der Waals surface area contributed by atoms with Crippen molar-refractivity contribution < 1.29 is 19.2 Å². The Morgan fingerprint density at radius 3 is 2.66 bits per heavy atom. The van der Waals surface area contributed by atoms with Gasteiger partial charge in [-0.15, -0.1) is 0 Å². The minimum atomic E-state index is -0.500. The molecule has 13 nitrogen and oxygen atoms in total. The highest BCUT2D eigenvalue weighted by Crippen LogP contribution is 2.34. The van der Waals surface area contributed by atoms with Gasteiger partial charge in [0.15, 0.2) is 5.82 Å². The minimum absolute atomic E-state index is 0.0422. The number of halogens is 1. The number of aromatic nitrogens is 4. The molecule has 7 rings (SSSR count). The lowest BCUT2D eigenvalue weighted by Gasteiger charge is -2.34. The molecule has 0 spiro atoms. The molecule has 14 heteroatoms. The van der Waals surface area contributed by atoms with E-state index in [1.165, 1.54) is 6.20 Å². The van der Waals surface area contributed by atoms with Gasteiger partial charge in [-0.05, 0) is 48.4 Å². The lowest BCUT2D eigenvalue weighted by Crippen LogP contribution is -2.51. The van der Waals surface area contributed by atoms with Gasteiger partial charge in [0.1, 0.15) is 11.6 Å². The van der Waals surface area contributed by atoms with E-state index in [1.54, 1.807) is 33.5 Å². The lowest BCUT2D eigenvalue weighted by atomic mass is 9.93. The fraction of sp³-hybridized carbons (Fsp3) is 0.300. The Bertz CT molecular complexity index is 1890. The lowest BCUT2D eigenvalue weighted by molar-refractivity contribution is -0.134. The van der Waals surface area contributed by atoms with E-state index in [0.29, 0.717) is 48.4 Å². The van der Waals surface area contributed by atoms with Gasteiger partial charge in [-0.3, -0.25) is 29.2 Å². The number of aryl methyl sites for hydroxylation is 1. The summed E-state index contributed by atoms with van der Waals surface area (Å²) in [4.78, 5) is 63.7. The first-order chi connectivity index (χ1) is 21.2. The number of imide groups is 1. The van der Waals surface area contributed by atoms with E-state index in [0.717, 1.165) is 33.5 Å². The number of piperidine rings is 1. The molecule has 2 saturated heterocycles. The van der Waals surface area contributed by atoms with Crippen LogP contribution in [0.25, 0.3) is 10.9 Å². The van der Waals surface area contributed by atoms with Crippen LogP contribution >= 0.6 is 11.6 Å². The van der Waals surface area contributed by atoms with E-state index >= 15 is 0 Å². The smallest absolute Gasteiger partial charge is 0.246 e. The molecule has 3 aliphatic heterocycles. The van der Waals surface area contributed by atoms with Gasteiger partial charge in [-0.25, -0.2) is 4.98 Å². The zero-order chi connectivity index (χ0) is 30.7. The van der Waals surface area contributed by atoms with Crippen LogP contribution in [0.3, 0.4) is 0 Å². The first-order valence-corrected chi connectivity index (χ1v) is 14.6. The van der Waals surface area contributed by atoms with Gasteiger partial charge in [-0.2, -0.15) is 10.1 Å². The topological polar surface area (TPSA) is 146 Å². The number of carbonyl (C=O) groups is 4. The van der Waals surface area contributed by atoms with Crippen LogP contribution < -0.4 is 25.3 Å². The Labute approximate surface area is 256 Å². The number of nitrogens with zero attached hydrogens (tertiary/aromatic N) is 7. The van der Waals surface area contributed by atoms with Gasteiger partial charge >= 0.3 is 0 Å². The molecule has 0 saturated carbocycles. The molecule has 2 aromatic carbocycles. The second-order valence-corrected chi connectivity index (χ2v) is 11.6. The summed E-state index contributed by atoms with van der Waals surface area (Å²) >= 11 is 6.42. The maximum absolute atomic E-state index is 13.4. The number of nitrogens with one attached hydrogen (secondary N) is 2. The van der Waals surface area contributed by atoms with Crippen LogP contribution in [0.5, 0.6) is 0 Å². The molecule has 4 aromatic rings. The molecule has 0 radical (unpaired) electrons. The normalized spacial score (nSPS) is 18.7. The molecule has 44 heavy (non-hydrogen) atoms. The van der Waals surface area contributed by atoms with Crippen LogP contribution in [0.1, 0.15) is 30.0 Å². The van der Waals surface area contributed by atoms with Crippen LogP contribution in [-0.4, -0.2) is 70.1 Å². The average molecular weight is 614 g/mol. The van der Waals surface area contributed by atoms with Crippen molar-refractivity contribution in [1.82, 2.24) is 25.1 Å². The Morgan fingerprint density at radius 1 is 1.02 bits per heavy atom. The van der Waals surface area contributed by atoms with Crippen molar-refractivity contribution in [2.45, 2.75) is 25.2 Å². The van der Waals surface area contributed by atoms with Crippen LogP contribution in [0.15, 0.2) is 42.6 Å². The van der Waals surface area contributed by atoms with Crippen molar-refractivity contribution in [2.24, 2.45) is 7.05 Å². The molecule has 224 valence electrons. The highest BCUT2D eigenvalue weighted by Gasteiger charge is 2.33. The van der Waals surface area contributed by atoms with E-state index < -0.39 is 5.92 Å². The molecule has 4 amide bonds. The second-order valence-electron chi connectivity index (χ2n) is 11.1. The van der Waals surface area contributed by atoms with Crippen molar-refractivity contribution in [1.29, 1.82) is 0 Å². The number of carbonyl (C=O) groups excluding carboxylic acids is 4. The number of anilines is 5. The number of fused-ring (bicyclic) bond motifs is 2. The minimum Gasteiger partial charge on any atom is -0.339 e. The highest BCUT2D eigenvalue weighted by molar-refractivity contribution is 6.33. The Kier molecular flexibility index (Phi) is 6.69. The molecule has 2 aromatic heterocycles. The summed E-state index contributed by atoms with van der Waals surface area (Å²) in [6.45, 7) is 0.966. The zero-order valence-electron chi connectivity index (χ0n) is 24.0. The number of benzene rings is 2. The van der Waals surface area contributed by atoms with Crippen molar-refractivity contribution in [2.75, 3.05) is 46.7 Å². The van der Waals surface area contributed by atoms with E-state index in [9.17, 15) is 19.2 Å². The third kappa shape index (κ3) is 4.78. The van der Waals surface area contributed by atoms with Crippen molar-refractivity contribution in [3.63, 3.8) is 0 Å². The summed E-state index contributed by atoms with van der Waals surface area (Å²) in [7, 11) is 3.55. The first-order valence-electron chi connectivity index (χ1n) is 14.2. The molecule has 3 aliphatic rings. The fourth-order valence-electron chi connectivity index (χ4n) is 6.05. The molecular formula is C30H28ClN9O4. The predicted octanol–water partition coefficient (Wildman–Crippen LogP) is 2.65. The van der Waals surface area contributed by atoms with Crippen LogP contribution in [-0.2, 0) is 32.6 Å². The maximum atomic E-state index is 13.4. The Balaban J connectivity index is 1.07. The SMILES string of the molecule is CN1C(=O)Cc2cc(Nc3nc(N4CCN(c5ccc6c(C7CCC(=O)NC7=O)nn(C)c6c5)C(=O)C4)ncc3Cl)ccc21. The van der Waals surface area contributed by atoms with Crippen molar-refractivity contribution in [3.8, 4) is 0 Å². The summed E-state index contributed by atoms with van der Waals surface area (Å²) in [6, 6.07) is 11.3. The summed E-state index contributed by atoms with van der Waals surface area (Å²) in [5, 5.41) is 11.4. The Morgan fingerprint density at radius 2 is 1.86 bits per heavy atom. The summed E-state index contributed by atoms with van der Waals surface area (Å²) in [5.74, 6) is -0.413. The van der Waals surface area contributed by atoms with Gasteiger partial charge in [0, 0.05) is 56.1 Å². The van der Waals surface area contributed by atoms with Crippen molar-refractivity contribution >= 4 is 75.0 Å². The number of piperazine rings is 1. The molecule has 2 fully saturated rings. The molecule has 1 unspecified atom stereocenters. The molecule has 1 atom stereocenters. The molecule has 5 heterocycles. The van der Waals surface area contributed by atoms with E-state index in [4.69, 9.17) is 11.6 Å². The molecule has 0 aliphatic carbocycles. The summed E-state index contributed by atoms with van der Waals surface area (Å²) in [5.41, 5.74) is 4.68. The van der Waals surface area contributed by atoms with E-state index in [1.807, 2.05) is 36.4 Å². The van der Waals surface area contributed by atoms with Gasteiger partial charge < -0.3 is 20.0 Å². The third-order valence-corrected chi connectivity index (χ3v) is 8.68.